The van der Waals surface area contributed by atoms with E-state index in [2.05, 4.69) is 4.98 Å². The molecule has 1 saturated heterocycles. The van der Waals surface area contributed by atoms with Crippen molar-refractivity contribution in [3.63, 3.8) is 0 Å². The second-order valence-corrected chi connectivity index (χ2v) is 8.59. The van der Waals surface area contributed by atoms with Gasteiger partial charge in [0.2, 0.25) is 5.56 Å². The molecule has 4 heterocycles. The lowest BCUT2D eigenvalue weighted by atomic mass is 10.0. The van der Waals surface area contributed by atoms with Crippen molar-refractivity contribution in [3.8, 4) is 17.3 Å². The van der Waals surface area contributed by atoms with Crippen LogP contribution in [0.2, 0.25) is 0 Å². The number of pyridine rings is 1. The number of ether oxygens (including phenoxy) is 1. The SMILES string of the molecule is CCn1c(-c2nc3cc(C(=O)N4CCCC(N)C4)cc(OC)c3n2C)cc2ccc(=O)[nH]c21.Cl. The molecule has 0 spiro atoms. The van der Waals surface area contributed by atoms with Gasteiger partial charge >= 0.3 is 0 Å². The number of aromatic amines is 1. The standard InChI is InChI=1S/C24H28N6O3.ClH/c1-4-30-18(11-14-7-8-20(31)27-22(14)30)23-26-17-10-15(12-19(33-3)21(17)28(23)2)24(32)29-9-5-6-16(25)13-29;/h7-8,10-12,16H,4-6,9,13,25H2,1-3H3,(H,27,31);1H. The van der Waals surface area contributed by atoms with Crippen molar-refractivity contribution in [1.82, 2.24) is 24.0 Å². The normalized spacial score (nSPS) is 16.1. The summed E-state index contributed by atoms with van der Waals surface area (Å²) < 4.78 is 9.68. The molecular weight excluding hydrogens is 456 g/mol. The third kappa shape index (κ3) is 3.84. The highest BCUT2D eigenvalue weighted by molar-refractivity contribution is 6.00. The van der Waals surface area contributed by atoms with Crippen LogP contribution in [-0.4, -0.2) is 56.2 Å². The average Bonchev–Trinajstić information content (AvgIpc) is 3.34. The number of aromatic nitrogens is 4. The van der Waals surface area contributed by atoms with E-state index < -0.39 is 0 Å². The van der Waals surface area contributed by atoms with Crippen molar-refractivity contribution in [3.05, 3.63) is 46.2 Å². The van der Waals surface area contributed by atoms with Crippen LogP contribution in [0, 0.1) is 0 Å². The second-order valence-electron chi connectivity index (χ2n) is 8.59. The number of rotatable bonds is 4. The summed E-state index contributed by atoms with van der Waals surface area (Å²) in [5.41, 5.74) is 9.61. The molecule has 1 aliphatic heterocycles. The highest BCUT2D eigenvalue weighted by Crippen LogP contribution is 2.34. The fourth-order valence-electron chi connectivity index (χ4n) is 4.87. The molecule has 0 aliphatic carbocycles. The monoisotopic (exact) mass is 484 g/mol. The molecule has 10 heteroatoms. The number of piperidine rings is 1. The van der Waals surface area contributed by atoms with Crippen LogP contribution in [0.4, 0.5) is 0 Å². The molecule has 3 N–H and O–H groups in total. The predicted molar refractivity (Wildman–Crippen MR) is 135 cm³/mol. The Morgan fingerprint density at radius 2 is 2.09 bits per heavy atom. The van der Waals surface area contributed by atoms with E-state index in [1.54, 1.807) is 13.2 Å². The van der Waals surface area contributed by atoms with Crippen LogP contribution in [0.3, 0.4) is 0 Å². The van der Waals surface area contributed by atoms with Crippen LogP contribution in [-0.2, 0) is 13.6 Å². The zero-order valence-electron chi connectivity index (χ0n) is 19.5. The molecular formula is C24H29ClN6O3. The van der Waals surface area contributed by atoms with Crippen molar-refractivity contribution in [2.45, 2.75) is 32.4 Å². The Balaban J connectivity index is 0.00000274. The summed E-state index contributed by atoms with van der Waals surface area (Å²) in [5, 5.41) is 0.933. The van der Waals surface area contributed by atoms with Gasteiger partial charge < -0.3 is 29.5 Å². The number of methoxy groups -OCH3 is 1. The molecule has 9 nitrogen and oxygen atoms in total. The molecule has 180 valence electrons. The minimum Gasteiger partial charge on any atom is -0.494 e. The third-order valence-electron chi connectivity index (χ3n) is 6.47. The number of H-pyrrole nitrogens is 1. The van der Waals surface area contributed by atoms with E-state index in [0.29, 0.717) is 36.5 Å². The average molecular weight is 485 g/mol. The number of benzene rings is 1. The number of aryl methyl sites for hydroxylation is 2. The molecule has 3 aromatic heterocycles. The number of nitrogens with zero attached hydrogens (tertiary/aromatic N) is 4. The first-order valence-electron chi connectivity index (χ1n) is 11.2. The van der Waals surface area contributed by atoms with E-state index in [1.165, 1.54) is 6.07 Å². The number of hydrogen-bond acceptors (Lipinski definition) is 5. The smallest absolute Gasteiger partial charge is 0.254 e. The first kappa shape index (κ1) is 23.8. The van der Waals surface area contributed by atoms with Crippen LogP contribution < -0.4 is 16.0 Å². The van der Waals surface area contributed by atoms with Gasteiger partial charge in [-0.3, -0.25) is 9.59 Å². The van der Waals surface area contributed by atoms with E-state index in [-0.39, 0.29) is 29.9 Å². The number of fused-ring (bicyclic) bond motifs is 2. The van der Waals surface area contributed by atoms with Crippen LogP contribution in [0.5, 0.6) is 5.75 Å². The summed E-state index contributed by atoms with van der Waals surface area (Å²) >= 11 is 0. The Hall–Kier alpha value is -3.30. The van der Waals surface area contributed by atoms with Gasteiger partial charge in [-0.15, -0.1) is 12.4 Å². The van der Waals surface area contributed by atoms with E-state index in [9.17, 15) is 9.59 Å². The molecule has 1 aliphatic rings. The van der Waals surface area contributed by atoms with Gasteiger partial charge in [-0.05, 0) is 44.0 Å². The number of hydrogen-bond donors (Lipinski definition) is 2. The molecule has 1 unspecified atom stereocenters. The van der Waals surface area contributed by atoms with Crippen molar-refractivity contribution >= 4 is 40.4 Å². The van der Waals surface area contributed by atoms with Crippen molar-refractivity contribution < 1.29 is 9.53 Å². The van der Waals surface area contributed by atoms with Crippen molar-refractivity contribution in [1.29, 1.82) is 0 Å². The summed E-state index contributed by atoms with van der Waals surface area (Å²) in [5.74, 6) is 1.26. The fourth-order valence-corrected chi connectivity index (χ4v) is 4.87. The zero-order valence-corrected chi connectivity index (χ0v) is 20.3. The van der Waals surface area contributed by atoms with E-state index in [1.807, 2.05) is 46.2 Å². The molecule has 0 saturated carbocycles. The van der Waals surface area contributed by atoms with Gasteiger partial charge in [-0.25, -0.2) is 4.98 Å². The molecule has 0 radical (unpaired) electrons. The molecule has 5 rings (SSSR count). The number of likely N-dealkylation sites (tertiary alicyclic amines) is 1. The molecule has 1 amide bonds. The number of nitrogens with one attached hydrogen (secondary N) is 1. The quantitative estimate of drug-likeness (QED) is 0.462. The first-order valence-corrected chi connectivity index (χ1v) is 11.2. The molecule has 34 heavy (non-hydrogen) atoms. The Bertz CT molecular complexity index is 1440. The zero-order chi connectivity index (χ0) is 23.3. The van der Waals surface area contributed by atoms with Gasteiger partial charge in [0.25, 0.3) is 5.91 Å². The molecule has 4 aromatic rings. The summed E-state index contributed by atoms with van der Waals surface area (Å²) in [6.45, 7) is 3.95. The van der Waals surface area contributed by atoms with Crippen LogP contribution in [0.15, 0.2) is 35.1 Å². The number of carbonyl (C=O) groups excluding carboxylic acids is 1. The van der Waals surface area contributed by atoms with E-state index in [0.717, 1.165) is 40.9 Å². The van der Waals surface area contributed by atoms with Gasteiger partial charge in [0.15, 0.2) is 5.82 Å². The van der Waals surface area contributed by atoms with E-state index >= 15 is 0 Å². The maximum absolute atomic E-state index is 13.2. The Morgan fingerprint density at radius 1 is 1.29 bits per heavy atom. The van der Waals surface area contributed by atoms with Crippen LogP contribution in [0.1, 0.15) is 30.1 Å². The molecule has 1 atom stereocenters. The summed E-state index contributed by atoms with van der Waals surface area (Å²) in [7, 11) is 3.53. The Labute approximate surface area is 202 Å². The number of imidazole rings is 1. The minimum absolute atomic E-state index is 0. The lowest BCUT2D eigenvalue weighted by Crippen LogP contribution is -2.45. The Kier molecular flexibility index (Phi) is 6.42. The predicted octanol–water partition coefficient (Wildman–Crippen LogP) is 2.90. The summed E-state index contributed by atoms with van der Waals surface area (Å²) in [6, 6.07) is 8.97. The number of nitrogens with two attached hydrogens (primary N) is 1. The van der Waals surface area contributed by atoms with Crippen LogP contribution in [0.25, 0.3) is 33.6 Å². The molecule has 1 aromatic carbocycles. The van der Waals surface area contributed by atoms with Gasteiger partial charge in [0, 0.05) is 49.7 Å². The summed E-state index contributed by atoms with van der Waals surface area (Å²) in [4.78, 5) is 34.7. The number of halogens is 1. The number of carbonyl (C=O) groups is 1. The molecule has 1 fully saturated rings. The first-order chi connectivity index (χ1) is 15.9. The Morgan fingerprint density at radius 3 is 2.79 bits per heavy atom. The van der Waals surface area contributed by atoms with Crippen LogP contribution >= 0.6 is 12.4 Å². The maximum atomic E-state index is 13.2. The van der Waals surface area contributed by atoms with Gasteiger partial charge in [0.05, 0.1) is 18.3 Å². The van der Waals surface area contributed by atoms with Gasteiger partial charge in [0.1, 0.15) is 16.9 Å². The fraction of sp³-hybridized carbons (Fsp3) is 0.375. The van der Waals surface area contributed by atoms with E-state index in [4.69, 9.17) is 15.5 Å². The lowest BCUT2D eigenvalue weighted by Gasteiger charge is -2.30. The maximum Gasteiger partial charge on any atom is 0.254 e. The topological polar surface area (TPSA) is 111 Å². The highest BCUT2D eigenvalue weighted by atomic mass is 35.5. The van der Waals surface area contributed by atoms with Gasteiger partial charge in [-0.2, -0.15) is 0 Å². The number of amides is 1. The van der Waals surface area contributed by atoms with Crippen molar-refractivity contribution in [2.75, 3.05) is 20.2 Å². The summed E-state index contributed by atoms with van der Waals surface area (Å²) in [6.07, 6.45) is 1.84. The lowest BCUT2D eigenvalue weighted by molar-refractivity contribution is 0.0708. The largest absolute Gasteiger partial charge is 0.494 e. The third-order valence-corrected chi connectivity index (χ3v) is 6.47. The highest BCUT2D eigenvalue weighted by Gasteiger charge is 2.25. The minimum atomic E-state index is -0.144. The van der Waals surface area contributed by atoms with Crippen molar-refractivity contribution in [2.24, 2.45) is 12.8 Å². The van der Waals surface area contributed by atoms with Gasteiger partial charge in [-0.1, -0.05) is 0 Å². The molecule has 0 bridgehead atoms. The second kappa shape index (κ2) is 9.15.